The summed E-state index contributed by atoms with van der Waals surface area (Å²) in [6, 6.07) is 4.84. The summed E-state index contributed by atoms with van der Waals surface area (Å²) >= 11 is 3.46. The Balaban J connectivity index is 2.16. The molecular weight excluding hydrogens is 290 g/mol. The van der Waals surface area contributed by atoms with E-state index in [1.165, 1.54) is 16.6 Å². The molecule has 2 aromatic heterocycles. The highest BCUT2D eigenvalue weighted by atomic mass is 79.9. The quantitative estimate of drug-likeness (QED) is 0.755. The molecule has 0 N–H and O–H groups in total. The highest BCUT2D eigenvalue weighted by molar-refractivity contribution is 9.10. The fourth-order valence-electron chi connectivity index (χ4n) is 2.87. The first-order valence-electron chi connectivity index (χ1n) is 6.44. The zero-order valence-electron chi connectivity index (χ0n) is 11.1. The monoisotopic (exact) mass is 307 g/mol. The molecule has 0 bridgehead atoms. The van der Waals surface area contributed by atoms with Crippen molar-refractivity contribution in [3.63, 3.8) is 0 Å². The number of nitrogens with zero attached hydrogens (tertiary/aromatic N) is 3. The first-order chi connectivity index (χ1) is 8.58. The Labute approximate surface area is 116 Å². The maximum Gasteiger partial charge on any atom is 0.141 e. The van der Waals surface area contributed by atoms with Crippen LogP contribution in [-0.4, -0.2) is 27.0 Å². The van der Waals surface area contributed by atoms with Crippen LogP contribution in [0.15, 0.2) is 16.7 Å². The van der Waals surface area contributed by atoms with Gasteiger partial charge in [0, 0.05) is 43.7 Å². The molecule has 0 saturated heterocycles. The van der Waals surface area contributed by atoms with Gasteiger partial charge in [-0.1, -0.05) is 0 Å². The van der Waals surface area contributed by atoms with Crippen molar-refractivity contribution in [3.8, 4) is 0 Å². The summed E-state index contributed by atoms with van der Waals surface area (Å²) in [6.07, 6.45) is 1.12. The Hall–Kier alpha value is -0.870. The lowest BCUT2D eigenvalue weighted by atomic mass is 10.0. The predicted octanol–water partition coefficient (Wildman–Crippen LogP) is 3.10. The van der Waals surface area contributed by atoms with Gasteiger partial charge in [-0.2, -0.15) is 0 Å². The molecule has 96 valence electrons. The van der Waals surface area contributed by atoms with Crippen LogP contribution in [0.4, 0.5) is 0 Å². The summed E-state index contributed by atoms with van der Waals surface area (Å²) in [7, 11) is 2.13. The molecule has 0 saturated carbocycles. The van der Waals surface area contributed by atoms with E-state index in [4.69, 9.17) is 0 Å². The smallest absolute Gasteiger partial charge is 0.141 e. The minimum atomic E-state index is 0.608. The molecule has 1 aliphatic heterocycles. The molecule has 3 nitrogen and oxygen atoms in total. The molecule has 0 unspecified atom stereocenters. The molecule has 2 aromatic rings. The van der Waals surface area contributed by atoms with E-state index in [9.17, 15) is 0 Å². The van der Waals surface area contributed by atoms with Gasteiger partial charge in [0.05, 0.1) is 0 Å². The van der Waals surface area contributed by atoms with E-state index in [1.807, 2.05) is 6.07 Å². The Bertz CT molecular complexity index is 601. The van der Waals surface area contributed by atoms with Gasteiger partial charge in [0.15, 0.2) is 0 Å². The van der Waals surface area contributed by atoms with Gasteiger partial charge >= 0.3 is 0 Å². The summed E-state index contributed by atoms with van der Waals surface area (Å²) < 4.78 is 3.17. The normalized spacial score (nSPS) is 16.5. The van der Waals surface area contributed by atoms with Crippen molar-refractivity contribution >= 4 is 27.0 Å². The lowest BCUT2D eigenvalue weighted by molar-refractivity contribution is 0.202. The van der Waals surface area contributed by atoms with E-state index in [0.717, 1.165) is 29.8 Å². The summed E-state index contributed by atoms with van der Waals surface area (Å²) in [6.45, 7) is 6.74. The second-order valence-electron chi connectivity index (χ2n) is 5.30. The maximum atomic E-state index is 4.61. The van der Waals surface area contributed by atoms with E-state index >= 15 is 0 Å². The average Bonchev–Trinajstić information content (AvgIpc) is 2.62. The van der Waals surface area contributed by atoms with Crippen LogP contribution in [-0.2, 0) is 20.0 Å². The van der Waals surface area contributed by atoms with Gasteiger partial charge in [-0.3, -0.25) is 4.90 Å². The van der Waals surface area contributed by atoms with E-state index in [0.29, 0.717) is 6.04 Å². The number of aryl methyl sites for hydroxylation is 1. The average molecular weight is 308 g/mol. The predicted molar refractivity (Wildman–Crippen MR) is 77.7 cm³/mol. The van der Waals surface area contributed by atoms with Crippen LogP contribution in [0.25, 0.3) is 11.0 Å². The minimum absolute atomic E-state index is 0.608. The Morgan fingerprint density at radius 2 is 2.11 bits per heavy atom. The number of halogens is 1. The summed E-state index contributed by atoms with van der Waals surface area (Å²) in [5, 5.41) is 1.31. The van der Waals surface area contributed by atoms with Crippen LogP contribution in [0.5, 0.6) is 0 Å². The molecule has 0 aromatic carbocycles. The van der Waals surface area contributed by atoms with Crippen molar-refractivity contribution in [2.75, 3.05) is 6.54 Å². The number of hydrogen-bond acceptors (Lipinski definition) is 2. The molecule has 3 rings (SSSR count). The van der Waals surface area contributed by atoms with Crippen LogP contribution in [0.1, 0.15) is 25.1 Å². The summed E-state index contributed by atoms with van der Waals surface area (Å²) in [4.78, 5) is 7.14. The summed E-state index contributed by atoms with van der Waals surface area (Å²) in [5.41, 5.74) is 4.01. The largest absolute Gasteiger partial charge is 0.332 e. The molecule has 0 radical (unpaired) electrons. The Morgan fingerprint density at radius 1 is 1.33 bits per heavy atom. The first kappa shape index (κ1) is 12.2. The van der Waals surface area contributed by atoms with Crippen LogP contribution >= 0.6 is 15.9 Å². The number of fused-ring (bicyclic) bond motifs is 3. The van der Waals surface area contributed by atoms with Crippen LogP contribution in [0.3, 0.4) is 0 Å². The van der Waals surface area contributed by atoms with Gasteiger partial charge in [-0.25, -0.2) is 4.98 Å². The lowest BCUT2D eigenvalue weighted by Crippen LogP contribution is -2.36. The molecule has 1 aliphatic rings. The molecular formula is C14H18BrN3. The fraction of sp³-hybridized carbons (Fsp3) is 0.500. The van der Waals surface area contributed by atoms with Crippen molar-refractivity contribution in [2.24, 2.45) is 7.05 Å². The van der Waals surface area contributed by atoms with Crippen molar-refractivity contribution < 1.29 is 0 Å². The molecule has 0 spiro atoms. The minimum Gasteiger partial charge on any atom is -0.332 e. The second kappa shape index (κ2) is 4.35. The number of pyridine rings is 1. The SMILES string of the molecule is CC(C)N1CCc2c(c3ccc(Br)nc3n2C)C1. The number of rotatable bonds is 1. The zero-order valence-corrected chi connectivity index (χ0v) is 12.7. The van der Waals surface area contributed by atoms with E-state index in [2.05, 4.69) is 57.3 Å². The number of aromatic nitrogens is 2. The van der Waals surface area contributed by atoms with Crippen molar-refractivity contribution in [3.05, 3.63) is 28.0 Å². The van der Waals surface area contributed by atoms with Gasteiger partial charge in [0.2, 0.25) is 0 Å². The fourth-order valence-corrected chi connectivity index (χ4v) is 3.17. The Morgan fingerprint density at radius 3 is 2.83 bits per heavy atom. The van der Waals surface area contributed by atoms with Crippen LogP contribution in [0.2, 0.25) is 0 Å². The molecule has 3 heterocycles. The van der Waals surface area contributed by atoms with Gasteiger partial charge in [0.25, 0.3) is 0 Å². The van der Waals surface area contributed by atoms with Crippen molar-refractivity contribution in [1.29, 1.82) is 0 Å². The topological polar surface area (TPSA) is 21.1 Å². The molecule has 0 atom stereocenters. The summed E-state index contributed by atoms with van der Waals surface area (Å²) in [5.74, 6) is 0. The van der Waals surface area contributed by atoms with Gasteiger partial charge in [0.1, 0.15) is 10.3 Å². The van der Waals surface area contributed by atoms with Crippen LogP contribution < -0.4 is 0 Å². The highest BCUT2D eigenvalue weighted by Crippen LogP contribution is 2.30. The molecule has 4 heteroatoms. The van der Waals surface area contributed by atoms with Gasteiger partial charge < -0.3 is 4.57 Å². The van der Waals surface area contributed by atoms with E-state index in [1.54, 1.807) is 0 Å². The zero-order chi connectivity index (χ0) is 12.9. The van der Waals surface area contributed by atoms with E-state index < -0.39 is 0 Å². The van der Waals surface area contributed by atoms with Gasteiger partial charge in [-0.15, -0.1) is 0 Å². The third kappa shape index (κ3) is 1.79. The van der Waals surface area contributed by atoms with Crippen molar-refractivity contribution in [2.45, 2.75) is 32.9 Å². The third-order valence-corrected chi connectivity index (χ3v) is 4.41. The molecule has 0 fully saturated rings. The van der Waals surface area contributed by atoms with Crippen molar-refractivity contribution in [1.82, 2.24) is 14.5 Å². The number of hydrogen-bond donors (Lipinski definition) is 0. The van der Waals surface area contributed by atoms with Crippen LogP contribution in [0, 0.1) is 0 Å². The maximum absolute atomic E-state index is 4.61. The lowest BCUT2D eigenvalue weighted by Gasteiger charge is -2.30. The van der Waals surface area contributed by atoms with Gasteiger partial charge in [-0.05, 0) is 47.5 Å². The second-order valence-corrected chi connectivity index (χ2v) is 6.12. The van der Waals surface area contributed by atoms with E-state index in [-0.39, 0.29) is 0 Å². The molecule has 18 heavy (non-hydrogen) atoms. The molecule has 0 aliphatic carbocycles. The third-order valence-electron chi connectivity index (χ3n) is 3.96. The molecule has 0 amide bonds. The highest BCUT2D eigenvalue weighted by Gasteiger charge is 2.24. The standard InChI is InChI=1S/C14H18BrN3/c1-9(2)18-7-6-12-11(8-18)10-4-5-13(15)16-14(10)17(12)3/h4-5,9H,6-8H2,1-3H3. The first-order valence-corrected chi connectivity index (χ1v) is 7.24. The Kier molecular flexibility index (Phi) is 2.94.